The first kappa shape index (κ1) is 16.5. The highest BCUT2D eigenvalue weighted by Gasteiger charge is 2.03. The van der Waals surface area contributed by atoms with Gasteiger partial charge in [-0.2, -0.15) is 5.10 Å². The highest BCUT2D eigenvalue weighted by Crippen LogP contribution is 2.11. The number of nitrogens with zero attached hydrogens (tertiary/aromatic N) is 1. The summed E-state index contributed by atoms with van der Waals surface area (Å²) in [6, 6.07) is 27.1. The molecule has 0 saturated heterocycles. The van der Waals surface area contributed by atoms with Crippen LogP contribution in [0.5, 0.6) is 0 Å². The number of anilines is 1. The highest BCUT2D eigenvalue weighted by atomic mass is 16.2. The average Bonchev–Trinajstić information content (AvgIpc) is 2.68. The van der Waals surface area contributed by atoms with Gasteiger partial charge < -0.3 is 5.32 Å². The largest absolute Gasteiger partial charge is 0.381 e. The monoisotopic (exact) mass is 329 g/mol. The SMILES string of the molecule is O=C(NN=Cc1ccccc1)c1ccc(NCc2ccccc2)cc1. The van der Waals surface area contributed by atoms with Gasteiger partial charge in [-0.15, -0.1) is 0 Å². The highest BCUT2D eigenvalue weighted by molar-refractivity contribution is 5.95. The molecule has 0 saturated carbocycles. The second-order valence-corrected chi connectivity index (χ2v) is 5.53. The molecule has 0 aliphatic heterocycles. The molecule has 0 aromatic heterocycles. The van der Waals surface area contributed by atoms with E-state index in [9.17, 15) is 4.79 Å². The summed E-state index contributed by atoms with van der Waals surface area (Å²) < 4.78 is 0. The number of carbonyl (C=O) groups is 1. The minimum Gasteiger partial charge on any atom is -0.381 e. The minimum absolute atomic E-state index is 0.234. The number of hydrazone groups is 1. The fourth-order valence-corrected chi connectivity index (χ4v) is 2.31. The summed E-state index contributed by atoms with van der Waals surface area (Å²) in [5.41, 5.74) is 6.21. The van der Waals surface area contributed by atoms with Crippen LogP contribution in [0.15, 0.2) is 90.0 Å². The van der Waals surface area contributed by atoms with E-state index < -0.39 is 0 Å². The molecule has 3 aromatic rings. The number of rotatable bonds is 6. The Bertz CT molecular complexity index is 828. The topological polar surface area (TPSA) is 53.5 Å². The number of amides is 1. The predicted octanol–water partition coefficient (Wildman–Crippen LogP) is 4.06. The van der Waals surface area contributed by atoms with E-state index in [4.69, 9.17) is 0 Å². The van der Waals surface area contributed by atoms with Crippen LogP contribution in [0.1, 0.15) is 21.5 Å². The maximum atomic E-state index is 12.1. The van der Waals surface area contributed by atoms with Crippen LogP contribution in [-0.4, -0.2) is 12.1 Å². The Morgan fingerprint density at radius 3 is 2.16 bits per heavy atom. The summed E-state index contributed by atoms with van der Waals surface area (Å²) in [6.45, 7) is 0.744. The quantitative estimate of drug-likeness (QED) is 0.529. The van der Waals surface area contributed by atoms with Crippen molar-refractivity contribution >= 4 is 17.8 Å². The molecule has 0 heterocycles. The van der Waals surface area contributed by atoms with Gasteiger partial charge in [0.05, 0.1) is 6.21 Å². The van der Waals surface area contributed by atoms with Gasteiger partial charge in [0.25, 0.3) is 5.91 Å². The minimum atomic E-state index is -0.234. The first-order valence-electron chi connectivity index (χ1n) is 8.07. The second kappa shape index (κ2) is 8.45. The van der Waals surface area contributed by atoms with E-state index >= 15 is 0 Å². The Labute approximate surface area is 147 Å². The molecule has 3 aromatic carbocycles. The van der Waals surface area contributed by atoms with Gasteiger partial charge in [-0.05, 0) is 35.4 Å². The molecule has 0 bridgehead atoms. The van der Waals surface area contributed by atoms with Crippen LogP contribution in [0, 0.1) is 0 Å². The summed E-state index contributed by atoms with van der Waals surface area (Å²) in [6.07, 6.45) is 1.62. The summed E-state index contributed by atoms with van der Waals surface area (Å²) in [7, 11) is 0. The molecule has 0 unspecified atom stereocenters. The van der Waals surface area contributed by atoms with E-state index in [2.05, 4.69) is 28.0 Å². The molecular weight excluding hydrogens is 310 g/mol. The van der Waals surface area contributed by atoms with Crippen LogP contribution in [-0.2, 0) is 6.54 Å². The van der Waals surface area contributed by atoms with Crippen molar-refractivity contribution in [1.29, 1.82) is 0 Å². The normalized spacial score (nSPS) is 10.6. The van der Waals surface area contributed by atoms with Crippen molar-refractivity contribution in [1.82, 2.24) is 5.43 Å². The average molecular weight is 329 g/mol. The van der Waals surface area contributed by atoms with Crippen molar-refractivity contribution in [2.45, 2.75) is 6.54 Å². The van der Waals surface area contributed by atoms with Gasteiger partial charge in [0.2, 0.25) is 0 Å². The number of benzene rings is 3. The Morgan fingerprint density at radius 1 is 0.840 bits per heavy atom. The number of hydrogen-bond acceptors (Lipinski definition) is 3. The summed E-state index contributed by atoms with van der Waals surface area (Å²) in [5, 5.41) is 7.31. The van der Waals surface area contributed by atoms with Crippen molar-refractivity contribution in [2.75, 3.05) is 5.32 Å². The van der Waals surface area contributed by atoms with Crippen molar-refractivity contribution in [2.24, 2.45) is 5.10 Å². The van der Waals surface area contributed by atoms with Gasteiger partial charge in [-0.25, -0.2) is 5.43 Å². The fraction of sp³-hybridized carbons (Fsp3) is 0.0476. The summed E-state index contributed by atoms with van der Waals surface area (Å²) in [5.74, 6) is -0.234. The molecule has 0 atom stereocenters. The lowest BCUT2D eigenvalue weighted by Crippen LogP contribution is -2.17. The van der Waals surface area contributed by atoms with Crippen molar-refractivity contribution in [3.8, 4) is 0 Å². The van der Waals surface area contributed by atoms with Crippen LogP contribution in [0.2, 0.25) is 0 Å². The van der Waals surface area contributed by atoms with E-state index in [1.165, 1.54) is 5.56 Å². The van der Waals surface area contributed by atoms with Crippen LogP contribution in [0.3, 0.4) is 0 Å². The van der Waals surface area contributed by atoms with E-state index in [0.717, 1.165) is 17.8 Å². The second-order valence-electron chi connectivity index (χ2n) is 5.53. The Balaban J connectivity index is 1.52. The summed E-state index contributed by atoms with van der Waals surface area (Å²) >= 11 is 0. The van der Waals surface area contributed by atoms with Crippen LogP contribution >= 0.6 is 0 Å². The van der Waals surface area contributed by atoms with Gasteiger partial charge in [-0.1, -0.05) is 60.7 Å². The third kappa shape index (κ3) is 5.04. The molecule has 0 fully saturated rings. The zero-order chi connectivity index (χ0) is 17.3. The first-order chi connectivity index (χ1) is 12.3. The van der Waals surface area contributed by atoms with Gasteiger partial charge >= 0.3 is 0 Å². The molecule has 4 nitrogen and oxygen atoms in total. The van der Waals surface area contributed by atoms with E-state index in [1.54, 1.807) is 18.3 Å². The zero-order valence-electron chi connectivity index (χ0n) is 13.7. The van der Waals surface area contributed by atoms with Gasteiger partial charge in [-0.3, -0.25) is 4.79 Å². The third-order valence-electron chi connectivity index (χ3n) is 3.67. The molecule has 124 valence electrons. The van der Waals surface area contributed by atoms with Crippen molar-refractivity contribution in [3.63, 3.8) is 0 Å². The van der Waals surface area contributed by atoms with Gasteiger partial charge in [0.15, 0.2) is 0 Å². The Hall–Kier alpha value is -3.40. The Kier molecular flexibility index (Phi) is 5.56. The molecule has 1 amide bonds. The van der Waals surface area contributed by atoms with E-state index in [0.29, 0.717) is 5.56 Å². The van der Waals surface area contributed by atoms with Gasteiger partial charge in [0.1, 0.15) is 0 Å². The number of carbonyl (C=O) groups excluding carboxylic acids is 1. The zero-order valence-corrected chi connectivity index (χ0v) is 13.7. The molecule has 0 aliphatic carbocycles. The van der Waals surface area contributed by atoms with Crippen molar-refractivity contribution in [3.05, 3.63) is 102 Å². The lowest BCUT2D eigenvalue weighted by atomic mass is 10.2. The molecule has 2 N–H and O–H groups in total. The predicted molar refractivity (Wildman–Crippen MR) is 102 cm³/mol. The van der Waals surface area contributed by atoms with E-state index in [-0.39, 0.29) is 5.91 Å². The third-order valence-corrected chi connectivity index (χ3v) is 3.67. The summed E-state index contributed by atoms with van der Waals surface area (Å²) in [4.78, 5) is 12.1. The van der Waals surface area contributed by atoms with Crippen molar-refractivity contribution < 1.29 is 4.79 Å². The smallest absolute Gasteiger partial charge is 0.271 e. The molecule has 0 spiro atoms. The number of hydrogen-bond donors (Lipinski definition) is 2. The van der Waals surface area contributed by atoms with E-state index in [1.807, 2.05) is 60.7 Å². The molecule has 4 heteroatoms. The molecule has 0 radical (unpaired) electrons. The van der Waals surface area contributed by atoms with Crippen LogP contribution in [0.4, 0.5) is 5.69 Å². The first-order valence-corrected chi connectivity index (χ1v) is 8.07. The lowest BCUT2D eigenvalue weighted by molar-refractivity contribution is 0.0955. The maximum absolute atomic E-state index is 12.1. The molecule has 25 heavy (non-hydrogen) atoms. The standard InChI is InChI=1S/C21H19N3O/c25-21(24-23-16-18-9-5-2-6-10-18)19-11-13-20(14-12-19)22-15-17-7-3-1-4-8-17/h1-14,16,22H,15H2,(H,24,25). The lowest BCUT2D eigenvalue weighted by Gasteiger charge is -2.07. The molecular formula is C21H19N3O. The van der Waals surface area contributed by atoms with Crippen LogP contribution < -0.4 is 10.7 Å². The Morgan fingerprint density at radius 2 is 1.48 bits per heavy atom. The molecule has 0 aliphatic rings. The van der Waals surface area contributed by atoms with Gasteiger partial charge in [0, 0.05) is 17.8 Å². The maximum Gasteiger partial charge on any atom is 0.271 e. The number of nitrogens with one attached hydrogen (secondary N) is 2. The van der Waals surface area contributed by atoms with Crippen LogP contribution in [0.25, 0.3) is 0 Å². The molecule has 3 rings (SSSR count). The fourth-order valence-electron chi connectivity index (χ4n) is 2.31.